The average molecular weight is 393 g/mol. The summed E-state index contributed by atoms with van der Waals surface area (Å²) in [5.41, 5.74) is 1.38. The van der Waals surface area contributed by atoms with Gasteiger partial charge in [0.2, 0.25) is 0 Å². The number of carbonyl (C=O) groups excluding carboxylic acids is 1. The van der Waals surface area contributed by atoms with E-state index in [4.69, 9.17) is 28.6 Å². The SMILES string of the molecule is CC(C)(C)c1ccc(O)c(NC(=S)NC(=O)COc2ccc(Cl)cc2)c1. The molecule has 2 rings (SSSR count). The lowest BCUT2D eigenvalue weighted by Crippen LogP contribution is -2.37. The molecule has 138 valence electrons. The van der Waals surface area contributed by atoms with Crippen molar-refractivity contribution in [1.29, 1.82) is 0 Å². The molecule has 0 aliphatic heterocycles. The fourth-order valence-corrected chi connectivity index (χ4v) is 2.45. The first-order chi connectivity index (χ1) is 12.1. The summed E-state index contributed by atoms with van der Waals surface area (Å²) in [6.07, 6.45) is 0. The molecule has 0 unspecified atom stereocenters. The van der Waals surface area contributed by atoms with Gasteiger partial charge in [-0.1, -0.05) is 38.4 Å². The van der Waals surface area contributed by atoms with Gasteiger partial charge in [-0.05, 0) is 59.6 Å². The lowest BCUT2D eigenvalue weighted by molar-refractivity contribution is -0.121. The quantitative estimate of drug-likeness (QED) is 0.536. The first kappa shape index (κ1) is 20.0. The number of amides is 1. The smallest absolute Gasteiger partial charge is 0.264 e. The van der Waals surface area contributed by atoms with Gasteiger partial charge in [0.25, 0.3) is 5.91 Å². The number of carbonyl (C=O) groups is 1. The van der Waals surface area contributed by atoms with E-state index in [1.54, 1.807) is 36.4 Å². The Balaban J connectivity index is 1.91. The molecule has 2 aromatic carbocycles. The summed E-state index contributed by atoms with van der Waals surface area (Å²) in [5.74, 6) is 0.162. The van der Waals surface area contributed by atoms with E-state index in [0.717, 1.165) is 5.56 Å². The van der Waals surface area contributed by atoms with Crippen molar-refractivity contribution in [2.75, 3.05) is 11.9 Å². The van der Waals surface area contributed by atoms with Crippen LogP contribution in [0.2, 0.25) is 5.02 Å². The van der Waals surface area contributed by atoms with Crippen LogP contribution in [0.5, 0.6) is 11.5 Å². The van der Waals surface area contributed by atoms with Gasteiger partial charge in [-0.2, -0.15) is 0 Å². The minimum absolute atomic E-state index is 0.0482. The molecule has 0 aromatic heterocycles. The molecule has 7 heteroatoms. The second kappa shape index (κ2) is 8.38. The molecule has 0 saturated heterocycles. The third kappa shape index (κ3) is 5.89. The van der Waals surface area contributed by atoms with Gasteiger partial charge >= 0.3 is 0 Å². The molecule has 0 atom stereocenters. The van der Waals surface area contributed by atoms with Gasteiger partial charge < -0.3 is 15.2 Å². The fourth-order valence-electron chi connectivity index (χ4n) is 2.10. The van der Waals surface area contributed by atoms with Crippen molar-refractivity contribution in [3.8, 4) is 11.5 Å². The van der Waals surface area contributed by atoms with Gasteiger partial charge in [-0.15, -0.1) is 0 Å². The van der Waals surface area contributed by atoms with Crippen LogP contribution in [-0.4, -0.2) is 22.7 Å². The number of ether oxygens (including phenoxy) is 1. The molecule has 26 heavy (non-hydrogen) atoms. The third-order valence-corrected chi connectivity index (χ3v) is 4.00. The topological polar surface area (TPSA) is 70.6 Å². The van der Waals surface area contributed by atoms with E-state index in [0.29, 0.717) is 16.5 Å². The summed E-state index contributed by atoms with van der Waals surface area (Å²) in [5, 5.41) is 16.0. The van der Waals surface area contributed by atoms with Gasteiger partial charge in [0.05, 0.1) is 5.69 Å². The maximum Gasteiger partial charge on any atom is 0.264 e. The highest BCUT2D eigenvalue weighted by Crippen LogP contribution is 2.30. The van der Waals surface area contributed by atoms with Crippen molar-refractivity contribution in [2.24, 2.45) is 0 Å². The van der Waals surface area contributed by atoms with Gasteiger partial charge in [-0.25, -0.2) is 0 Å². The van der Waals surface area contributed by atoms with Crippen LogP contribution in [-0.2, 0) is 10.2 Å². The molecular weight excluding hydrogens is 372 g/mol. The number of benzene rings is 2. The van der Waals surface area contributed by atoms with E-state index in [9.17, 15) is 9.90 Å². The van der Waals surface area contributed by atoms with Crippen molar-refractivity contribution < 1.29 is 14.6 Å². The molecule has 1 amide bonds. The Morgan fingerprint density at radius 2 is 1.85 bits per heavy atom. The number of hydrogen-bond acceptors (Lipinski definition) is 4. The minimum atomic E-state index is -0.413. The summed E-state index contributed by atoms with van der Waals surface area (Å²) in [6, 6.07) is 11.9. The summed E-state index contributed by atoms with van der Waals surface area (Å²) in [7, 11) is 0. The number of phenols is 1. The number of hydrogen-bond donors (Lipinski definition) is 3. The Kier molecular flexibility index (Phi) is 6.45. The molecule has 3 N–H and O–H groups in total. The summed E-state index contributed by atoms with van der Waals surface area (Å²) < 4.78 is 5.35. The Labute approximate surface area is 163 Å². The molecular formula is C19H21ClN2O3S. The zero-order chi connectivity index (χ0) is 19.3. The zero-order valence-corrected chi connectivity index (χ0v) is 16.4. The van der Waals surface area contributed by atoms with Crippen LogP contribution in [0.25, 0.3) is 0 Å². The molecule has 0 aliphatic carbocycles. The van der Waals surface area contributed by atoms with E-state index in [1.165, 1.54) is 0 Å². The van der Waals surface area contributed by atoms with E-state index in [2.05, 4.69) is 31.4 Å². The molecule has 2 aromatic rings. The zero-order valence-electron chi connectivity index (χ0n) is 14.8. The number of aromatic hydroxyl groups is 1. The van der Waals surface area contributed by atoms with Gasteiger partial charge in [-0.3, -0.25) is 10.1 Å². The van der Waals surface area contributed by atoms with Crippen molar-refractivity contribution in [2.45, 2.75) is 26.2 Å². The Morgan fingerprint density at radius 3 is 2.46 bits per heavy atom. The van der Waals surface area contributed by atoms with Crippen LogP contribution in [0.4, 0.5) is 5.69 Å². The number of phenolic OH excluding ortho intramolecular Hbond substituents is 1. The average Bonchev–Trinajstić information content (AvgIpc) is 2.55. The van der Waals surface area contributed by atoms with E-state index in [1.807, 2.05) is 6.07 Å². The second-order valence-electron chi connectivity index (χ2n) is 6.73. The molecule has 0 spiro atoms. The number of thiocarbonyl (C=S) groups is 1. The summed E-state index contributed by atoms with van der Waals surface area (Å²) in [4.78, 5) is 11.9. The first-order valence-corrected chi connectivity index (χ1v) is 8.76. The maximum absolute atomic E-state index is 11.9. The molecule has 0 bridgehead atoms. The monoisotopic (exact) mass is 392 g/mol. The van der Waals surface area contributed by atoms with Crippen molar-refractivity contribution in [1.82, 2.24) is 5.32 Å². The van der Waals surface area contributed by atoms with Crippen molar-refractivity contribution in [3.05, 3.63) is 53.1 Å². The highest BCUT2D eigenvalue weighted by Gasteiger charge is 2.16. The Morgan fingerprint density at radius 1 is 1.19 bits per heavy atom. The molecule has 0 radical (unpaired) electrons. The molecule has 0 fully saturated rings. The first-order valence-electron chi connectivity index (χ1n) is 7.98. The number of nitrogens with one attached hydrogen (secondary N) is 2. The maximum atomic E-state index is 11.9. The van der Waals surface area contributed by atoms with E-state index in [-0.39, 0.29) is 22.9 Å². The molecule has 5 nitrogen and oxygen atoms in total. The summed E-state index contributed by atoms with van der Waals surface area (Å²) >= 11 is 10.9. The number of rotatable bonds is 4. The molecule has 0 heterocycles. The largest absolute Gasteiger partial charge is 0.506 e. The van der Waals surface area contributed by atoms with Crippen LogP contribution in [0.15, 0.2) is 42.5 Å². The molecule has 0 saturated carbocycles. The van der Waals surface area contributed by atoms with E-state index >= 15 is 0 Å². The van der Waals surface area contributed by atoms with E-state index < -0.39 is 5.91 Å². The third-order valence-electron chi connectivity index (χ3n) is 3.55. The lowest BCUT2D eigenvalue weighted by atomic mass is 9.87. The molecule has 0 aliphatic rings. The van der Waals surface area contributed by atoms with Crippen LogP contribution in [0.1, 0.15) is 26.3 Å². The summed E-state index contributed by atoms with van der Waals surface area (Å²) in [6.45, 7) is 6.00. The lowest BCUT2D eigenvalue weighted by Gasteiger charge is -2.21. The standard InChI is InChI=1S/C19H21ClN2O3S/c1-19(2,3)12-4-9-16(23)15(10-12)21-18(26)22-17(24)11-25-14-7-5-13(20)6-8-14/h4-10,23H,11H2,1-3H3,(H2,21,22,24,26). The normalized spacial score (nSPS) is 10.9. The van der Waals surface area contributed by atoms with Crippen LogP contribution < -0.4 is 15.4 Å². The van der Waals surface area contributed by atoms with Gasteiger partial charge in [0.15, 0.2) is 11.7 Å². The Hall–Kier alpha value is -2.31. The van der Waals surface area contributed by atoms with Crippen molar-refractivity contribution in [3.63, 3.8) is 0 Å². The minimum Gasteiger partial charge on any atom is -0.506 e. The van der Waals surface area contributed by atoms with Crippen molar-refractivity contribution >= 4 is 40.5 Å². The van der Waals surface area contributed by atoms with Crippen LogP contribution in [0, 0.1) is 0 Å². The Bertz CT molecular complexity index is 801. The second-order valence-corrected chi connectivity index (χ2v) is 7.57. The van der Waals surface area contributed by atoms with Crippen LogP contribution >= 0.6 is 23.8 Å². The highest BCUT2D eigenvalue weighted by atomic mass is 35.5. The number of anilines is 1. The van der Waals surface area contributed by atoms with Gasteiger partial charge in [0.1, 0.15) is 11.5 Å². The van der Waals surface area contributed by atoms with Crippen LogP contribution in [0.3, 0.4) is 0 Å². The fraction of sp³-hybridized carbons (Fsp3) is 0.263. The number of halogens is 1. The highest BCUT2D eigenvalue weighted by molar-refractivity contribution is 7.80. The predicted octanol–water partition coefficient (Wildman–Crippen LogP) is 4.24. The van der Waals surface area contributed by atoms with Gasteiger partial charge in [0, 0.05) is 5.02 Å². The predicted molar refractivity (Wildman–Crippen MR) is 108 cm³/mol.